The minimum Gasteiger partial charge on any atom is -0.342 e. The Morgan fingerprint density at radius 2 is 1.87 bits per heavy atom. The number of rotatable bonds is 6. The van der Waals surface area contributed by atoms with E-state index in [0.29, 0.717) is 31.5 Å². The van der Waals surface area contributed by atoms with Crippen LogP contribution in [0.4, 0.5) is 18.9 Å². The molecule has 1 aliphatic heterocycles. The minimum atomic E-state index is -4.39. The van der Waals surface area contributed by atoms with Crippen LogP contribution in [0.3, 0.4) is 0 Å². The molecule has 164 valence electrons. The van der Waals surface area contributed by atoms with Crippen LogP contribution in [0, 0.1) is 5.92 Å². The fourth-order valence-corrected chi connectivity index (χ4v) is 4.20. The Morgan fingerprint density at radius 1 is 1.10 bits per heavy atom. The Hall–Kier alpha value is -2.31. The number of likely N-dealkylation sites (tertiary alicyclic amines) is 1. The second kappa shape index (κ2) is 10.1. The van der Waals surface area contributed by atoms with Gasteiger partial charge in [-0.05, 0) is 75.1 Å². The van der Waals surface area contributed by atoms with Gasteiger partial charge in [-0.1, -0.05) is 11.6 Å². The molecular weight excluding hydrogens is 393 g/mol. The first-order valence-corrected chi connectivity index (χ1v) is 10.7. The molecule has 1 fully saturated rings. The lowest BCUT2D eigenvalue weighted by molar-refractivity contribution is -0.137. The van der Waals surface area contributed by atoms with Gasteiger partial charge in [0.2, 0.25) is 11.8 Å². The van der Waals surface area contributed by atoms with Crippen molar-refractivity contribution in [2.45, 2.75) is 64.0 Å². The second-order valence-corrected chi connectivity index (χ2v) is 8.29. The number of piperidine rings is 1. The summed E-state index contributed by atoms with van der Waals surface area (Å²) in [5.74, 6) is 0.244. The Labute approximate surface area is 175 Å². The van der Waals surface area contributed by atoms with Gasteiger partial charge < -0.3 is 10.2 Å². The molecule has 0 radical (unpaired) electrons. The van der Waals surface area contributed by atoms with Gasteiger partial charge in [-0.15, -0.1) is 0 Å². The minimum absolute atomic E-state index is 0.182. The molecule has 2 aliphatic rings. The summed E-state index contributed by atoms with van der Waals surface area (Å²) in [7, 11) is 0. The van der Waals surface area contributed by atoms with Crippen molar-refractivity contribution in [1.29, 1.82) is 0 Å². The zero-order valence-electron chi connectivity index (χ0n) is 17.1. The predicted octanol–water partition coefficient (Wildman–Crippen LogP) is 5.55. The maximum atomic E-state index is 12.6. The van der Waals surface area contributed by atoms with Crippen molar-refractivity contribution in [1.82, 2.24) is 4.90 Å². The highest BCUT2D eigenvalue weighted by Gasteiger charge is 2.30. The van der Waals surface area contributed by atoms with E-state index in [0.717, 1.165) is 50.8 Å². The zero-order chi connectivity index (χ0) is 21.6. The molecule has 30 heavy (non-hydrogen) atoms. The van der Waals surface area contributed by atoms with Crippen LogP contribution in [-0.4, -0.2) is 29.8 Å². The lowest BCUT2D eigenvalue weighted by Crippen LogP contribution is -2.40. The fraction of sp³-hybridized carbons (Fsp3) is 0.565. The Kier molecular flexibility index (Phi) is 7.56. The van der Waals surface area contributed by atoms with Gasteiger partial charge in [0.25, 0.3) is 0 Å². The van der Waals surface area contributed by atoms with E-state index in [1.165, 1.54) is 24.1 Å². The summed E-state index contributed by atoms with van der Waals surface area (Å²) in [6, 6.07) is 4.45. The number of amides is 2. The molecule has 4 nitrogen and oxygen atoms in total. The summed E-state index contributed by atoms with van der Waals surface area (Å²) in [5, 5.41) is 2.65. The smallest absolute Gasteiger partial charge is 0.342 e. The van der Waals surface area contributed by atoms with Crippen molar-refractivity contribution in [3.8, 4) is 0 Å². The molecule has 1 aromatic carbocycles. The summed E-state index contributed by atoms with van der Waals surface area (Å²) in [6.07, 6.45) is 5.67. The van der Waals surface area contributed by atoms with E-state index in [4.69, 9.17) is 0 Å². The average Bonchev–Trinajstić information content (AvgIpc) is 2.73. The molecular formula is C23H29F3N2O2. The number of hydrogen-bond acceptors (Lipinski definition) is 2. The van der Waals surface area contributed by atoms with Crippen LogP contribution in [0.5, 0.6) is 0 Å². The number of nitrogens with one attached hydrogen (secondary N) is 1. The van der Waals surface area contributed by atoms with Crippen molar-refractivity contribution < 1.29 is 22.8 Å². The van der Waals surface area contributed by atoms with Crippen molar-refractivity contribution in [2.24, 2.45) is 5.92 Å². The SMILES string of the molecule is O=C(CC[C@@H]1CCCN(C(=O)CC2=CCCCC2)C1)Nc1ccc(C(F)(F)F)cc1. The van der Waals surface area contributed by atoms with E-state index in [-0.39, 0.29) is 17.7 Å². The summed E-state index contributed by atoms with van der Waals surface area (Å²) in [6.45, 7) is 1.46. The molecule has 7 heteroatoms. The topological polar surface area (TPSA) is 49.4 Å². The lowest BCUT2D eigenvalue weighted by atomic mass is 9.92. The highest BCUT2D eigenvalue weighted by molar-refractivity contribution is 5.90. The number of hydrogen-bond donors (Lipinski definition) is 1. The normalized spacial score (nSPS) is 19.9. The average molecular weight is 422 g/mol. The Morgan fingerprint density at radius 3 is 2.53 bits per heavy atom. The molecule has 1 aliphatic carbocycles. The number of nitrogens with zero attached hydrogens (tertiary/aromatic N) is 1. The largest absolute Gasteiger partial charge is 0.416 e. The summed E-state index contributed by atoms with van der Waals surface area (Å²) < 4.78 is 37.8. The van der Waals surface area contributed by atoms with E-state index in [1.807, 2.05) is 4.90 Å². The van der Waals surface area contributed by atoms with Gasteiger partial charge >= 0.3 is 6.18 Å². The highest BCUT2D eigenvalue weighted by Crippen LogP contribution is 2.30. The van der Waals surface area contributed by atoms with Gasteiger partial charge in [-0.3, -0.25) is 9.59 Å². The van der Waals surface area contributed by atoms with E-state index in [1.54, 1.807) is 0 Å². The number of allylic oxidation sites excluding steroid dienone is 1. The first-order chi connectivity index (χ1) is 14.3. The molecule has 1 atom stereocenters. The van der Waals surface area contributed by atoms with Gasteiger partial charge in [0.1, 0.15) is 0 Å². The molecule has 3 rings (SSSR count). The molecule has 2 amide bonds. The van der Waals surface area contributed by atoms with Crippen LogP contribution in [0.15, 0.2) is 35.9 Å². The number of carbonyl (C=O) groups excluding carboxylic acids is 2. The molecule has 1 aromatic rings. The molecule has 0 unspecified atom stereocenters. The Balaban J connectivity index is 1.43. The van der Waals surface area contributed by atoms with Gasteiger partial charge in [-0.2, -0.15) is 13.2 Å². The maximum absolute atomic E-state index is 12.6. The third-order valence-electron chi connectivity index (χ3n) is 5.91. The predicted molar refractivity (Wildman–Crippen MR) is 110 cm³/mol. The standard InChI is InChI=1S/C23H29F3N2O2/c24-23(25,26)19-9-11-20(12-10-19)27-21(29)13-8-18-7-4-14-28(16-18)22(30)15-17-5-2-1-3-6-17/h5,9-12,18H,1-4,6-8,13-16H2,(H,27,29)/t18-/m0/s1. The highest BCUT2D eigenvalue weighted by atomic mass is 19.4. The van der Waals surface area contributed by atoms with Crippen LogP contribution in [0.2, 0.25) is 0 Å². The fourth-order valence-electron chi connectivity index (χ4n) is 4.20. The Bertz CT molecular complexity index is 772. The van der Waals surface area contributed by atoms with Crippen LogP contribution >= 0.6 is 0 Å². The van der Waals surface area contributed by atoms with Gasteiger partial charge in [0.15, 0.2) is 0 Å². The number of carbonyl (C=O) groups is 2. The summed E-state index contributed by atoms with van der Waals surface area (Å²) in [4.78, 5) is 26.7. The van der Waals surface area contributed by atoms with E-state index >= 15 is 0 Å². The van der Waals surface area contributed by atoms with Crippen molar-refractivity contribution in [2.75, 3.05) is 18.4 Å². The van der Waals surface area contributed by atoms with E-state index in [2.05, 4.69) is 11.4 Å². The van der Waals surface area contributed by atoms with E-state index < -0.39 is 11.7 Å². The third-order valence-corrected chi connectivity index (χ3v) is 5.91. The molecule has 1 N–H and O–H groups in total. The first-order valence-electron chi connectivity index (χ1n) is 10.7. The van der Waals surface area contributed by atoms with Gasteiger partial charge in [0.05, 0.1) is 5.56 Å². The third kappa shape index (κ3) is 6.61. The first kappa shape index (κ1) is 22.4. The van der Waals surface area contributed by atoms with Crippen molar-refractivity contribution >= 4 is 17.5 Å². The van der Waals surface area contributed by atoms with Crippen LogP contribution in [0.1, 0.15) is 63.4 Å². The van der Waals surface area contributed by atoms with Crippen LogP contribution in [-0.2, 0) is 15.8 Å². The van der Waals surface area contributed by atoms with Crippen molar-refractivity contribution in [3.63, 3.8) is 0 Å². The van der Waals surface area contributed by atoms with Crippen LogP contribution in [0.25, 0.3) is 0 Å². The zero-order valence-corrected chi connectivity index (χ0v) is 17.1. The number of anilines is 1. The number of halogens is 3. The molecule has 0 saturated carbocycles. The summed E-state index contributed by atoms with van der Waals surface area (Å²) >= 11 is 0. The molecule has 1 saturated heterocycles. The van der Waals surface area contributed by atoms with Gasteiger partial charge in [0, 0.05) is 31.6 Å². The number of benzene rings is 1. The molecule has 1 heterocycles. The number of alkyl halides is 3. The lowest BCUT2D eigenvalue weighted by Gasteiger charge is -2.33. The molecule has 0 spiro atoms. The van der Waals surface area contributed by atoms with Crippen molar-refractivity contribution in [3.05, 3.63) is 41.5 Å². The molecule has 0 bridgehead atoms. The monoisotopic (exact) mass is 422 g/mol. The summed E-state index contributed by atoms with van der Waals surface area (Å²) in [5.41, 5.74) is 0.870. The quantitative estimate of drug-likeness (QED) is 0.611. The second-order valence-electron chi connectivity index (χ2n) is 8.29. The van der Waals surface area contributed by atoms with E-state index in [9.17, 15) is 22.8 Å². The van der Waals surface area contributed by atoms with Gasteiger partial charge in [-0.25, -0.2) is 0 Å². The molecule has 0 aromatic heterocycles. The van der Waals surface area contributed by atoms with Crippen LogP contribution < -0.4 is 5.32 Å². The maximum Gasteiger partial charge on any atom is 0.416 e.